The molecule has 0 amide bonds. The van der Waals surface area contributed by atoms with Gasteiger partial charge in [0.2, 0.25) is 0 Å². The second-order valence-corrected chi connectivity index (χ2v) is 6.21. The molecule has 0 aromatic carbocycles. The van der Waals surface area contributed by atoms with Crippen LogP contribution < -0.4 is 0 Å². The summed E-state index contributed by atoms with van der Waals surface area (Å²) in [7, 11) is -4.28. The van der Waals surface area contributed by atoms with Crippen molar-refractivity contribution in [3.05, 3.63) is 0 Å². The molecular weight excluding hydrogens is 216 g/mol. The van der Waals surface area contributed by atoms with Crippen LogP contribution in [0.25, 0.3) is 0 Å². The zero-order valence-electron chi connectivity index (χ0n) is 9.68. The third-order valence-electron chi connectivity index (χ3n) is 2.43. The van der Waals surface area contributed by atoms with Gasteiger partial charge in [0.05, 0.1) is 0 Å². The van der Waals surface area contributed by atoms with Gasteiger partial charge in [-0.25, -0.2) is 0 Å². The Kier molecular flexibility index (Phi) is 6.40. The zero-order chi connectivity index (χ0) is 12.1. The van der Waals surface area contributed by atoms with Gasteiger partial charge in [-0.1, -0.05) is 40.0 Å². The summed E-state index contributed by atoms with van der Waals surface area (Å²) in [6.07, 6.45) is 3.12. The second-order valence-electron chi connectivity index (χ2n) is 4.64. The number of aliphatic hydroxyl groups excluding tert-OH is 1. The summed E-state index contributed by atoms with van der Waals surface area (Å²) in [6.45, 7) is 6.16. The maximum atomic E-state index is 10.6. The highest BCUT2D eigenvalue weighted by atomic mass is 32.2. The zero-order valence-corrected chi connectivity index (χ0v) is 10.5. The van der Waals surface area contributed by atoms with Crippen LogP contribution in [-0.4, -0.2) is 23.5 Å². The van der Waals surface area contributed by atoms with Crippen molar-refractivity contribution in [2.75, 3.05) is 0 Å². The van der Waals surface area contributed by atoms with Gasteiger partial charge in [-0.2, -0.15) is 8.42 Å². The van der Waals surface area contributed by atoms with Crippen LogP contribution in [0, 0.1) is 11.8 Å². The smallest absolute Gasteiger partial charge is 0.291 e. The lowest BCUT2D eigenvalue weighted by molar-refractivity contribution is 0.198. The third kappa shape index (κ3) is 7.76. The largest absolute Gasteiger partial charge is 0.375 e. The summed E-state index contributed by atoms with van der Waals surface area (Å²) < 4.78 is 29.7. The van der Waals surface area contributed by atoms with Crippen molar-refractivity contribution in [2.45, 2.75) is 51.9 Å². The molecule has 0 saturated carbocycles. The molecule has 92 valence electrons. The topological polar surface area (TPSA) is 74.6 Å². The lowest BCUT2D eigenvalue weighted by Gasteiger charge is -2.14. The Labute approximate surface area is 92.4 Å². The molecule has 4 nitrogen and oxygen atoms in total. The molecule has 0 rings (SSSR count). The highest BCUT2D eigenvalue weighted by Gasteiger charge is 2.21. The minimum atomic E-state index is -4.28. The highest BCUT2D eigenvalue weighted by molar-refractivity contribution is 7.86. The molecule has 2 unspecified atom stereocenters. The van der Waals surface area contributed by atoms with E-state index in [1.807, 2.05) is 6.92 Å². The number of aliphatic hydroxyl groups is 1. The second kappa shape index (κ2) is 6.45. The van der Waals surface area contributed by atoms with Crippen LogP contribution in [0.15, 0.2) is 0 Å². The van der Waals surface area contributed by atoms with E-state index in [1.165, 1.54) is 0 Å². The Balaban J connectivity index is 3.79. The fraction of sp³-hybridized carbons (Fsp3) is 1.00. The van der Waals surface area contributed by atoms with E-state index < -0.39 is 15.6 Å². The summed E-state index contributed by atoms with van der Waals surface area (Å²) in [5.74, 6) is 0.754. The summed E-state index contributed by atoms with van der Waals surface area (Å²) >= 11 is 0. The Morgan fingerprint density at radius 3 is 2.07 bits per heavy atom. The normalized spacial score (nSPS) is 16.7. The molecule has 2 atom stereocenters. The van der Waals surface area contributed by atoms with E-state index in [1.54, 1.807) is 0 Å². The molecule has 0 aliphatic rings. The van der Waals surface area contributed by atoms with Crippen molar-refractivity contribution in [3.63, 3.8) is 0 Å². The molecule has 15 heavy (non-hydrogen) atoms. The van der Waals surface area contributed by atoms with Crippen molar-refractivity contribution < 1.29 is 18.1 Å². The summed E-state index contributed by atoms with van der Waals surface area (Å²) in [4.78, 5) is 0. The first-order valence-electron chi connectivity index (χ1n) is 5.37. The van der Waals surface area contributed by atoms with Crippen molar-refractivity contribution in [1.82, 2.24) is 0 Å². The van der Waals surface area contributed by atoms with Gasteiger partial charge in [0, 0.05) is 0 Å². The van der Waals surface area contributed by atoms with E-state index in [0.717, 1.165) is 19.3 Å². The van der Waals surface area contributed by atoms with Gasteiger partial charge in [-0.15, -0.1) is 0 Å². The molecule has 2 N–H and O–H groups in total. The molecule has 0 saturated heterocycles. The first-order valence-corrected chi connectivity index (χ1v) is 6.88. The average molecular weight is 238 g/mol. The SMILES string of the molecule is CC(C)CCCC(C)CC(O)S(=O)(=O)O. The Hall–Kier alpha value is -0.130. The molecule has 0 radical (unpaired) electrons. The fourth-order valence-corrected chi connectivity index (χ4v) is 2.03. The third-order valence-corrected chi connectivity index (χ3v) is 3.31. The number of hydrogen-bond donors (Lipinski definition) is 2. The lowest BCUT2D eigenvalue weighted by Crippen LogP contribution is -2.22. The quantitative estimate of drug-likeness (QED) is 0.666. The van der Waals surface area contributed by atoms with Crippen molar-refractivity contribution in [1.29, 1.82) is 0 Å². The molecule has 0 aromatic rings. The van der Waals surface area contributed by atoms with Crippen LogP contribution in [0.1, 0.15) is 46.5 Å². The Morgan fingerprint density at radius 2 is 1.67 bits per heavy atom. The van der Waals surface area contributed by atoms with E-state index in [2.05, 4.69) is 13.8 Å². The molecule has 0 heterocycles. The van der Waals surface area contributed by atoms with Crippen molar-refractivity contribution in [2.24, 2.45) is 11.8 Å². The van der Waals surface area contributed by atoms with E-state index in [4.69, 9.17) is 9.66 Å². The van der Waals surface area contributed by atoms with E-state index in [9.17, 15) is 8.42 Å². The van der Waals surface area contributed by atoms with Crippen LogP contribution in [0.2, 0.25) is 0 Å². The molecule has 5 heteroatoms. The monoisotopic (exact) mass is 238 g/mol. The van der Waals surface area contributed by atoms with Crippen LogP contribution >= 0.6 is 0 Å². The molecule has 0 spiro atoms. The van der Waals surface area contributed by atoms with Crippen LogP contribution in [0.5, 0.6) is 0 Å². The average Bonchev–Trinajstić information content (AvgIpc) is 2.01. The first kappa shape index (κ1) is 14.9. The first-order chi connectivity index (χ1) is 6.73. The van der Waals surface area contributed by atoms with Crippen molar-refractivity contribution in [3.8, 4) is 0 Å². The minimum Gasteiger partial charge on any atom is -0.375 e. The highest BCUT2D eigenvalue weighted by Crippen LogP contribution is 2.18. The van der Waals surface area contributed by atoms with Gasteiger partial charge in [0.25, 0.3) is 10.1 Å². The molecular formula is C10H22O4S. The van der Waals surface area contributed by atoms with Crippen LogP contribution in [-0.2, 0) is 10.1 Å². The summed E-state index contributed by atoms with van der Waals surface area (Å²) in [6, 6.07) is 0. The van der Waals surface area contributed by atoms with Gasteiger partial charge in [0.15, 0.2) is 5.44 Å². The molecule has 0 bridgehead atoms. The van der Waals surface area contributed by atoms with E-state index in [0.29, 0.717) is 5.92 Å². The maximum Gasteiger partial charge on any atom is 0.291 e. The van der Waals surface area contributed by atoms with Gasteiger partial charge >= 0.3 is 0 Å². The summed E-state index contributed by atoms with van der Waals surface area (Å²) in [5, 5.41) is 9.13. The maximum absolute atomic E-state index is 10.6. The van der Waals surface area contributed by atoms with Gasteiger partial charge in [-0.3, -0.25) is 4.55 Å². The molecule has 0 aliphatic heterocycles. The standard InChI is InChI=1S/C10H22O4S/c1-8(2)5-4-6-9(3)7-10(11)15(12,13)14/h8-11H,4-7H2,1-3H3,(H,12,13,14). The summed E-state index contributed by atoms with van der Waals surface area (Å²) in [5.41, 5.74) is -1.63. The van der Waals surface area contributed by atoms with E-state index in [-0.39, 0.29) is 12.3 Å². The number of hydrogen-bond acceptors (Lipinski definition) is 3. The molecule has 0 aromatic heterocycles. The van der Waals surface area contributed by atoms with Gasteiger partial charge < -0.3 is 5.11 Å². The molecule has 0 aliphatic carbocycles. The predicted octanol–water partition coefficient (Wildman–Crippen LogP) is 2.05. The predicted molar refractivity (Wildman–Crippen MR) is 60.0 cm³/mol. The van der Waals surface area contributed by atoms with Crippen LogP contribution in [0.3, 0.4) is 0 Å². The molecule has 0 fully saturated rings. The lowest BCUT2D eigenvalue weighted by atomic mass is 9.98. The van der Waals surface area contributed by atoms with Crippen LogP contribution in [0.4, 0.5) is 0 Å². The van der Waals surface area contributed by atoms with Gasteiger partial charge in [0.1, 0.15) is 0 Å². The van der Waals surface area contributed by atoms with E-state index >= 15 is 0 Å². The Morgan fingerprint density at radius 1 is 1.13 bits per heavy atom. The fourth-order valence-electron chi connectivity index (χ4n) is 1.46. The Bertz CT molecular complexity index is 259. The minimum absolute atomic E-state index is 0.108. The van der Waals surface area contributed by atoms with Crippen molar-refractivity contribution >= 4 is 10.1 Å². The van der Waals surface area contributed by atoms with Gasteiger partial charge in [-0.05, 0) is 18.3 Å². The number of rotatable bonds is 7.